The van der Waals surface area contributed by atoms with E-state index >= 15 is 0 Å². The van der Waals surface area contributed by atoms with Crippen molar-refractivity contribution in [2.24, 2.45) is 5.92 Å². The van der Waals surface area contributed by atoms with Crippen LogP contribution >= 0.6 is 0 Å². The number of nitrogens with one attached hydrogen (secondary N) is 3. The van der Waals surface area contributed by atoms with Crippen molar-refractivity contribution in [1.82, 2.24) is 20.3 Å². The molecule has 7 nitrogen and oxygen atoms in total. The van der Waals surface area contributed by atoms with Crippen molar-refractivity contribution in [2.45, 2.75) is 63.6 Å². The number of methoxy groups -OCH3 is 1. The highest BCUT2D eigenvalue weighted by Crippen LogP contribution is 2.29. The van der Waals surface area contributed by atoms with Gasteiger partial charge in [-0.05, 0) is 63.5 Å². The van der Waals surface area contributed by atoms with E-state index < -0.39 is 0 Å². The number of ether oxygens (including phenoxy) is 1. The van der Waals surface area contributed by atoms with E-state index in [2.05, 4.69) is 43.9 Å². The van der Waals surface area contributed by atoms with Crippen LogP contribution in [0.4, 0.5) is 11.6 Å². The van der Waals surface area contributed by atoms with Crippen molar-refractivity contribution in [2.75, 3.05) is 30.9 Å². The van der Waals surface area contributed by atoms with Gasteiger partial charge in [-0.25, -0.2) is 15.0 Å². The fourth-order valence-corrected chi connectivity index (χ4v) is 4.17. The topological polar surface area (TPSA) is 84.0 Å². The Morgan fingerprint density at radius 2 is 1.80 bits per heavy atom. The van der Waals surface area contributed by atoms with Crippen LogP contribution in [0.5, 0.6) is 0 Å². The molecule has 0 bridgehead atoms. The van der Waals surface area contributed by atoms with Crippen molar-refractivity contribution < 1.29 is 4.74 Å². The summed E-state index contributed by atoms with van der Waals surface area (Å²) in [5, 5.41) is 10.7. The van der Waals surface area contributed by atoms with E-state index in [0.29, 0.717) is 18.1 Å². The summed E-state index contributed by atoms with van der Waals surface area (Å²) in [5.41, 5.74) is 1.99. The predicted molar refractivity (Wildman–Crippen MR) is 121 cm³/mol. The number of pyridine rings is 1. The van der Waals surface area contributed by atoms with Crippen LogP contribution in [-0.2, 0) is 4.74 Å². The Kier molecular flexibility index (Phi) is 7.12. The number of rotatable bonds is 10. The molecule has 3 N–H and O–H groups in total. The molecule has 2 heterocycles. The van der Waals surface area contributed by atoms with Crippen molar-refractivity contribution in [3.8, 4) is 11.3 Å². The lowest BCUT2D eigenvalue weighted by Crippen LogP contribution is -2.42. The Morgan fingerprint density at radius 3 is 2.57 bits per heavy atom. The molecule has 2 saturated carbocycles. The van der Waals surface area contributed by atoms with Crippen LogP contribution in [0.1, 0.15) is 45.4 Å². The molecule has 0 spiro atoms. The molecule has 1 unspecified atom stereocenters. The first-order valence-corrected chi connectivity index (χ1v) is 11.2. The second-order valence-electron chi connectivity index (χ2n) is 8.76. The molecule has 2 aromatic rings. The van der Waals surface area contributed by atoms with Crippen molar-refractivity contribution in [3.05, 3.63) is 30.7 Å². The van der Waals surface area contributed by atoms with E-state index in [9.17, 15) is 0 Å². The van der Waals surface area contributed by atoms with Gasteiger partial charge in [0.1, 0.15) is 18.0 Å². The molecule has 2 aromatic heterocycles. The molecule has 0 radical (unpaired) electrons. The first kappa shape index (κ1) is 21.0. The zero-order valence-corrected chi connectivity index (χ0v) is 18.1. The van der Waals surface area contributed by atoms with Crippen LogP contribution in [0.15, 0.2) is 30.7 Å². The molecule has 2 aliphatic carbocycles. The molecule has 30 heavy (non-hydrogen) atoms. The molecule has 2 aliphatic rings. The third-order valence-corrected chi connectivity index (χ3v) is 6.01. The normalized spacial score (nSPS) is 22.5. The van der Waals surface area contributed by atoms with Gasteiger partial charge in [0.15, 0.2) is 0 Å². The van der Waals surface area contributed by atoms with E-state index in [1.165, 1.54) is 25.7 Å². The minimum atomic E-state index is 0.401. The van der Waals surface area contributed by atoms with Gasteiger partial charge in [-0.2, -0.15) is 0 Å². The lowest BCUT2D eigenvalue weighted by atomic mass is 9.90. The van der Waals surface area contributed by atoms with Crippen molar-refractivity contribution >= 4 is 11.6 Å². The maximum atomic E-state index is 5.23. The molecular weight excluding hydrogens is 376 g/mol. The molecule has 0 amide bonds. The molecule has 7 heteroatoms. The summed E-state index contributed by atoms with van der Waals surface area (Å²) in [6, 6.07) is 7.56. The number of aromatic nitrogens is 3. The molecule has 162 valence electrons. The number of anilines is 2. The largest absolute Gasteiger partial charge is 0.383 e. The van der Waals surface area contributed by atoms with E-state index in [1.807, 2.05) is 18.3 Å². The summed E-state index contributed by atoms with van der Waals surface area (Å²) in [7, 11) is 1.76. The highest BCUT2D eigenvalue weighted by Gasteiger charge is 2.23. The first-order valence-electron chi connectivity index (χ1n) is 11.2. The molecular formula is C23H34N6O. The Morgan fingerprint density at radius 1 is 1.00 bits per heavy atom. The SMILES string of the molecule is COCC(C)NC1CCC(Nc2cc(-c3ccnc(NCC4CC4)c3)ncn2)CC1. The molecule has 4 rings (SSSR count). The third-order valence-electron chi connectivity index (χ3n) is 6.01. The minimum Gasteiger partial charge on any atom is -0.383 e. The number of hydrogen-bond donors (Lipinski definition) is 3. The maximum Gasteiger partial charge on any atom is 0.130 e. The average molecular weight is 411 g/mol. The second-order valence-corrected chi connectivity index (χ2v) is 8.76. The second kappa shape index (κ2) is 10.2. The van der Waals surface area contributed by atoms with Crippen LogP contribution in [0, 0.1) is 5.92 Å². The van der Waals surface area contributed by atoms with Gasteiger partial charge >= 0.3 is 0 Å². The lowest BCUT2D eigenvalue weighted by Gasteiger charge is -2.31. The summed E-state index contributed by atoms with van der Waals surface area (Å²) in [6.07, 6.45) is 10.8. The monoisotopic (exact) mass is 410 g/mol. The van der Waals surface area contributed by atoms with Gasteiger partial charge in [0.25, 0.3) is 0 Å². The third kappa shape index (κ3) is 6.12. The van der Waals surface area contributed by atoms with Crippen LogP contribution in [0.25, 0.3) is 11.3 Å². The van der Waals surface area contributed by atoms with Crippen molar-refractivity contribution in [1.29, 1.82) is 0 Å². The first-order chi connectivity index (χ1) is 14.7. The van der Waals surface area contributed by atoms with Gasteiger partial charge in [-0.15, -0.1) is 0 Å². The van der Waals surface area contributed by atoms with E-state index in [4.69, 9.17) is 4.74 Å². The number of nitrogens with zero attached hydrogens (tertiary/aromatic N) is 3. The van der Waals surface area contributed by atoms with Crippen molar-refractivity contribution in [3.63, 3.8) is 0 Å². The smallest absolute Gasteiger partial charge is 0.130 e. The Hall–Kier alpha value is -2.25. The molecule has 0 saturated heterocycles. The average Bonchev–Trinajstić information content (AvgIpc) is 3.59. The highest BCUT2D eigenvalue weighted by molar-refractivity contribution is 5.65. The molecule has 0 aliphatic heterocycles. The molecule has 0 aromatic carbocycles. The Labute approximate surface area is 179 Å². The Balaban J connectivity index is 1.31. The fraction of sp³-hybridized carbons (Fsp3) is 0.609. The van der Waals surface area contributed by atoms with Gasteiger partial charge in [0, 0.05) is 49.6 Å². The quantitative estimate of drug-likeness (QED) is 0.551. The zero-order valence-electron chi connectivity index (χ0n) is 18.1. The Bertz CT molecular complexity index is 804. The summed E-state index contributed by atoms with van der Waals surface area (Å²) in [4.78, 5) is 13.4. The lowest BCUT2D eigenvalue weighted by molar-refractivity contribution is 0.161. The van der Waals surface area contributed by atoms with Crippen LogP contribution in [-0.4, -0.2) is 53.3 Å². The summed E-state index contributed by atoms with van der Waals surface area (Å²) in [6.45, 7) is 3.95. The summed E-state index contributed by atoms with van der Waals surface area (Å²) in [5.74, 6) is 2.63. The number of hydrogen-bond acceptors (Lipinski definition) is 7. The molecule has 1 atom stereocenters. The van der Waals surface area contributed by atoms with E-state index in [1.54, 1.807) is 13.4 Å². The van der Waals surface area contributed by atoms with Gasteiger partial charge < -0.3 is 20.7 Å². The summed E-state index contributed by atoms with van der Waals surface area (Å²) >= 11 is 0. The van der Waals surface area contributed by atoms with E-state index in [0.717, 1.165) is 54.8 Å². The van der Waals surface area contributed by atoms with Gasteiger partial charge in [0.05, 0.1) is 12.3 Å². The zero-order chi connectivity index (χ0) is 20.8. The maximum absolute atomic E-state index is 5.23. The van der Waals surface area contributed by atoms with Gasteiger partial charge in [0.2, 0.25) is 0 Å². The fourth-order valence-electron chi connectivity index (χ4n) is 4.17. The minimum absolute atomic E-state index is 0.401. The predicted octanol–water partition coefficient (Wildman–Crippen LogP) is 3.71. The summed E-state index contributed by atoms with van der Waals surface area (Å²) < 4.78 is 5.23. The van der Waals surface area contributed by atoms with Crippen LogP contribution in [0.2, 0.25) is 0 Å². The van der Waals surface area contributed by atoms with Crippen LogP contribution < -0.4 is 16.0 Å². The standard InChI is InChI=1S/C23H34N6O/c1-16(14-30-2)28-19-5-7-20(8-6-19)29-23-12-21(26-15-27-23)18-9-10-24-22(11-18)25-13-17-3-4-17/h9-12,15-17,19-20,28H,3-8,13-14H2,1-2H3,(H,24,25)(H,26,27,29). The molecule has 2 fully saturated rings. The van der Waals surface area contributed by atoms with E-state index in [-0.39, 0.29) is 0 Å². The van der Waals surface area contributed by atoms with Crippen LogP contribution in [0.3, 0.4) is 0 Å². The van der Waals surface area contributed by atoms with Gasteiger partial charge in [-0.1, -0.05) is 0 Å². The van der Waals surface area contributed by atoms with Gasteiger partial charge in [-0.3, -0.25) is 0 Å². The highest BCUT2D eigenvalue weighted by atomic mass is 16.5.